The number of likely N-dealkylation sites (tertiary alicyclic amines) is 1. The Morgan fingerprint density at radius 3 is 2.52 bits per heavy atom. The molecule has 3 nitrogen and oxygen atoms in total. The second-order valence-corrected chi connectivity index (χ2v) is 8.76. The number of fused-ring (bicyclic) bond motifs is 1. The van der Waals surface area contributed by atoms with E-state index in [0.29, 0.717) is 5.56 Å². The molecule has 1 saturated heterocycles. The molecule has 1 aliphatic heterocycles. The highest BCUT2D eigenvalue weighted by Gasteiger charge is 2.37. The van der Waals surface area contributed by atoms with E-state index in [-0.39, 0.29) is 23.8 Å². The molecule has 0 bridgehead atoms. The summed E-state index contributed by atoms with van der Waals surface area (Å²) in [7, 11) is 2.09. The highest BCUT2D eigenvalue weighted by molar-refractivity contribution is 9.10. The lowest BCUT2D eigenvalue weighted by atomic mass is 9.73. The monoisotopic (exact) mass is 455 g/mol. The van der Waals surface area contributed by atoms with Crippen molar-refractivity contribution in [3.63, 3.8) is 0 Å². The summed E-state index contributed by atoms with van der Waals surface area (Å²) in [5.41, 5.74) is 1.29. The summed E-state index contributed by atoms with van der Waals surface area (Å²) in [6, 6.07) is 18.2. The van der Waals surface area contributed by atoms with Crippen LogP contribution in [0.1, 0.15) is 28.8 Å². The maximum Gasteiger partial charge on any atom is 0.338 e. The van der Waals surface area contributed by atoms with Gasteiger partial charge in [-0.05, 0) is 73.6 Å². The summed E-state index contributed by atoms with van der Waals surface area (Å²) in [5.74, 6) is -0.586. The van der Waals surface area contributed by atoms with Crippen LogP contribution in [0.2, 0.25) is 0 Å². The largest absolute Gasteiger partial charge is 0.461 e. The van der Waals surface area contributed by atoms with E-state index in [2.05, 4.69) is 27.9 Å². The maximum atomic E-state index is 13.5. The zero-order chi connectivity index (χ0) is 20.4. The molecule has 150 valence electrons. The van der Waals surface area contributed by atoms with E-state index in [1.54, 1.807) is 0 Å². The van der Waals surface area contributed by atoms with E-state index >= 15 is 0 Å². The lowest BCUT2D eigenvalue weighted by molar-refractivity contribution is 0.0313. The number of halogens is 2. The van der Waals surface area contributed by atoms with Gasteiger partial charge in [0.15, 0.2) is 0 Å². The average Bonchev–Trinajstić information content (AvgIpc) is 2.73. The summed E-state index contributed by atoms with van der Waals surface area (Å²) >= 11 is 3.49. The number of rotatable bonds is 4. The van der Waals surface area contributed by atoms with Crippen LogP contribution in [0.25, 0.3) is 10.8 Å². The molecule has 3 aromatic carbocycles. The second kappa shape index (κ2) is 8.25. The number of hydrogen-bond donors (Lipinski definition) is 0. The van der Waals surface area contributed by atoms with Crippen LogP contribution < -0.4 is 0 Å². The Bertz CT molecular complexity index is 1030. The van der Waals surface area contributed by atoms with Crippen molar-refractivity contribution in [2.45, 2.75) is 18.3 Å². The predicted molar refractivity (Wildman–Crippen MR) is 117 cm³/mol. The molecule has 0 atom stereocenters. The highest BCUT2D eigenvalue weighted by Crippen LogP contribution is 2.36. The van der Waals surface area contributed by atoms with E-state index in [1.807, 2.05) is 48.5 Å². The number of nitrogens with zero attached hydrogens (tertiary/aromatic N) is 1. The van der Waals surface area contributed by atoms with Gasteiger partial charge in [-0.25, -0.2) is 9.18 Å². The van der Waals surface area contributed by atoms with Crippen molar-refractivity contribution in [1.29, 1.82) is 0 Å². The molecule has 4 rings (SSSR count). The first-order valence-electron chi connectivity index (χ1n) is 9.77. The molecule has 5 heteroatoms. The number of ether oxygens (including phenoxy) is 1. The van der Waals surface area contributed by atoms with E-state index in [1.165, 1.54) is 12.1 Å². The number of esters is 1. The number of benzene rings is 3. The molecule has 1 heterocycles. The molecule has 3 aromatic rings. The minimum absolute atomic E-state index is 0.255. The zero-order valence-corrected chi connectivity index (χ0v) is 17.9. The van der Waals surface area contributed by atoms with Crippen LogP contribution in [0.5, 0.6) is 0 Å². The van der Waals surface area contributed by atoms with Gasteiger partial charge in [-0.3, -0.25) is 0 Å². The van der Waals surface area contributed by atoms with Crippen molar-refractivity contribution in [2.75, 3.05) is 26.7 Å². The lowest BCUT2D eigenvalue weighted by Gasteiger charge is -2.40. The van der Waals surface area contributed by atoms with Crippen molar-refractivity contribution in [2.24, 2.45) is 0 Å². The van der Waals surface area contributed by atoms with Gasteiger partial charge in [0.05, 0.1) is 5.56 Å². The van der Waals surface area contributed by atoms with Gasteiger partial charge in [0.2, 0.25) is 0 Å². The lowest BCUT2D eigenvalue weighted by Crippen LogP contribution is -2.44. The molecule has 0 N–H and O–H groups in total. The summed E-state index contributed by atoms with van der Waals surface area (Å²) in [4.78, 5) is 15.3. The van der Waals surface area contributed by atoms with Crippen molar-refractivity contribution in [3.05, 3.63) is 82.1 Å². The van der Waals surface area contributed by atoms with Gasteiger partial charge in [-0.1, -0.05) is 52.3 Å². The van der Waals surface area contributed by atoms with Crippen molar-refractivity contribution >= 4 is 32.7 Å². The summed E-state index contributed by atoms with van der Waals surface area (Å²) < 4.78 is 20.2. The van der Waals surface area contributed by atoms with Crippen LogP contribution in [0, 0.1) is 5.82 Å². The standard InChI is InChI=1S/C24H23BrFNO2/c1-27-12-10-24(11-13-27,18-6-8-20(26)9-7-18)16-29-23(28)22-15-19(25)14-17-4-2-3-5-21(17)22/h2-9,14-15H,10-13,16H2,1H3. The molecule has 0 unspecified atom stereocenters. The predicted octanol–water partition coefficient (Wildman–Crippen LogP) is 5.56. The first-order valence-corrected chi connectivity index (χ1v) is 10.6. The van der Waals surface area contributed by atoms with E-state index in [9.17, 15) is 9.18 Å². The summed E-state index contributed by atoms with van der Waals surface area (Å²) in [6.45, 7) is 2.11. The van der Waals surface area contributed by atoms with Crippen molar-refractivity contribution in [3.8, 4) is 0 Å². The summed E-state index contributed by atoms with van der Waals surface area (Å²) in [5, 5.41) is 1.86. The Hall–Kier alpha value is -2.24. The minimum Gasteiger partial charge on any atom is -0.461 e. The third kappa shape index (κ3) is 4.21. The normalized spacial score (nSPS) is 16.7. The van der Waals surface area contributed by atoms with Crippen LogP contribution in [0.4, 0.5) is 4.39 Å². The van der Waals surface area contributed by atoms with Gasteiger partial charge in [-0.2, -0.15) is 0 Å². The molecule has 0 amide bonds. The molecular formula is C24H23BrFNO2. The van der Waals surface area contributed by atoms with E-state index < -0.39 is 0 Å². The van der Waals surface area contributed by atoms with Crippen LogP contribution in [-0.4, -0.2) is 37.6 Å². The Morgan fingerprint density at radius 1 is 1.10 bits per heavy atom. The Kier molecular flexibility index (Phi) is 5.70. The summed E-state index contributed by atoms with van der Waals surface area (Å²) in [6.07, 6.45) is 1.73. The fourth-order valence-electron chi connectivity index (χ4n) is 4.09. The fourth-order valence-corrected chi connectivity index (χ4v) is 4.57. The average molecular weight is 456 g/mol. The van der Waals surface area contributed by atoms with Crippen molar-refractivity contribution in [1.82, 2.24) is 4.90 Å². The molecule has 1 fully saturated rings. The van der Waals surface area contributed by atoms with Gasteiger partial charge >= 0.3 is 5.97 Å². The molecule has 0 aliphatic carbocycles. The number of carbonyl (C=O) groups excluding carboxylic acids is 1. The number of piperidine rings is 1. The number of carbonyl (C=O) groups is 1. The van der Waals surface area contributed by atoms with Gasteiger partial charge in [0.1, 0.15) is 12.4 Å². The molecule has 1 aliphatic rings. The topological polar surface area (TPSA) is 29.5 Å². The van der Waals surface area contributed by atoms with Crippen LogP contribution in [0.15, 0.2) is 65.1 Å². The third-order valence-electron chi connectivity index (χ3n) is 5.93. The Labute approximate surface area is 178 Å². The Balaban J connectivity index is 1.61. The fraction of sp³-hybridized carbons (Fsp3) is 0.292. The van der Waals surface area contributed by atoms with Gasteiger partial charge < -0.3 is 9.64 Å². The maximum absolute atomic E-state index is 13.5. The van der Waals surface area contributed by atoms with Crippen LogP contribution in [0.3, 0.4) is 0 Å². The second-order valence-electron chi connectivity index (χ2n) is 7.84. The first kappa shape index (κ1) is 20.0. The third-order valence-corrected chi connectivity index (χ3v) is 6.38. The van der Waals surface area contributed by atoms with Gasteiger partial charge in [0, 0.05) is 9.89 Å². The molecule has 0 radical (unpaired) electrons. The van der Waals surface area contributed by atoms with Gasteiger partial charge in [0.25, 0.3) is 0 Å². The van der Waals surface area contributed by atoms with Crippen molar-refractivity contribution < 1.29 is 13.9 Å². The highest BCUT2D eigenvalue weighted by atomic mass is 79.9. The molecular weight excluding hydrogens is 433 g/mol. The van der Waals surface area contributed by atoms with Crippen LogP contribution in [-0.2, 0) is 10.2 Å². The zero-order valence-electron chi connectivity index (χ0n) is 16.3. The SMILES string of the molecule is CN1CCC(COC(=O)c2cc(Br)cc3ccccc23)(c2ccc(F)cc2)CC1. The van der Waals surface area contributed by atoms with E-state index in [0.717, 1.165) is 46.7 Å². The number of hydrogen-bond acceptors (Lipinski definition) is 3. The smallest absolute Gasteiger partial charge is 0.338 e. The first-order chi connectivity index (χ1) is 14.0. The Morgan fingerprint density at radius 2 is 1.79 bits per heavy atom. The van der Waals surface area contributed by atoms with E-state index in [4.69, 9.17) is 4.74 Å². The molecule has 0 aromatic heterocycles. The minimum atomic E-state index is -0.331. The molecule has 0 saturated carbocycles. The molecule has 0 spiro atoms. The molecule has 29 heavy (non-hydrogen) atoms. The van der Waals surface area contributed by atoms with Crippen LogP contribution >= 0.6 is 15.9 Å². The quantitative estimate of drug-likeness (QED) is 0.482. The van der Waals surface area contributed by atoms with Gasteiger partial charge in [-0.15, -0.1) is 0 Å².